The molecule has 0 saturated carbocycles. The lowest BCUT2D eigenvalue weighted by molar-refractivity contribution is 0.325. The minimum atomic E-state index is -0.0161. The molecule has 3 nitrogen and oxygen atoms in total. The van der Waals surface area contributed by atoms with Crippen LogP contribution in [0.25, 0.3) is 0 Å². The molecule has 0 bridgehead atoms. The van der Waals surface area contributed by atoms with Crippen molar-refractivity contribution in [3.63, 3.8) is 0 Å². The summed E-state index contributed by atoms with van der Waals surface area (Å²) >= 11 is 0. The number of benzene rings is 1. The van der Waals surface area contributed by atoms with Crippen molar-refractivity contribution >= 4 is 0 Å². The van der Waals surface area contributed by atoms with E-state index in [2.05, 4.69) is 50.6 Å². The molecule has 1 aromatic carbocycles. The van der Waals surface area contributed by atoms with Crippen molar-refractivity contribution in [3.05, 3.63) is 58.7 Å². The second-order valence-electron chi connectivity index (χ2n) is 7.99. The standard InChI is InChI=1S/C23H31NO2/c1-6-8-16-13-20(25)22(18-12-15(4)11-17(18)14(2)3)23(26)21(16)19-9-7-10-24(19)5/h7,9,12-13,17-19,25-26H,2,6,8,10-11H2,1,3-5H3/t17?,18?,19-/m0/s1. The number of nitrogens with zero attached hydrogens (tertiary/aromatic N) is 1. The van der Waals surface area contributed by atoms with Crippen LogP contribution in [0, 0.1) is 5.92 Å². The quantitative estimate of drug-likeness (QED) is 0.713. The topological polar surface area (TPSA) is 43.7 Å². The Morgan fingerprint density at radius 2 is 2.04 bits per heavy atom. The Morgan fingerprint density at radius 1 is 1.31 bits per heavy atom. The number of phenols is 2. The summed E-state index contributed by atoms with van der Waals surface area (Å²) in [5.41, 5.74) is 5.05. The number of phenolic OH excluding ortho intramolecular Hbond substituents is 2. The van der Waals surface area contributed by atoms with Crippen molar-refractivity contribution in [1.29, 1.82) is 0 Å². The fourth-order valence-corrected chi connectivity index (χ4v) is 4.54. The zero-order valence-corrected chi connectivity index (χ0v) is 16.4. The first-order valence-electron chi connectivity index (χ1n) is 9.62. The Kier molecular flexibility index (Phi) is 5.29. The van der Waals surface area contributed by atoms with Gasteiger partial charge in [0.1, 0.15) is 11.5 Å². The van der Waals surface area contributed by atoms with Gasteiger partial charge in [-0.3, -0.25) is 4.90 Å². The summed E-state index contributed by atoms with van der Waals surface area (Å²) in [6, 6.07) is 1.94. The Bertz CT molecular complexity index is 775. The molecular weight excluding hydrogens is 322 g/mol. The van der Waals surface area contributed by atoms with Gasteiger partial charge in [0.2, 0.25) is 0 Å². The average molecular weight is 354 g/mol. The van der Waals surface area contributed by atoms with Crippen LogP contribution >= 0.6 is 0 Å². The number of allylic oxidation sites excluding steroid dienone is 3. The van der Waals surface area contributed by atoms with Gasteiger partial charge in [-0.25, -0.2) is 0 Å². The Morgan fingerprint density at radius 3 is 2.62 bits per heavy atom. The maximum Gasteiger partial charge on any atom is 0.128 e. The second-order valence-corrected chi connectivity index (χ2v) is 7.99. The molecule has 1 aliphatic carbocycles. The molecule has 3 atom stereocenters. The van der Waals surface area contributed by atoms with E-state index in [9.17, 15) is 10.2 Å². The number of aromatic hydroxyl groups is 2. The van der Waals surface area contributed by atoms with Crippen molar-refractivity contribution in [2.45, 2.75) is 52.0 Å². The fraction of sp³-hybridized carbons (Fsp3) is 0.478. The van der Waals surface area contributed by atoms with Crippen molar-refractivity contribution in [2.24, 2.45) is 5.92 Å². The number of hydrogen-bond donors (Lipinski definition) is 2. The highest BCUT2D eigenvalue weighted by Crippen LogP contribution is 2.51. The Labute approximate surface area is 157 Å². The lowest BCUT2D eigenvalue weighted by Gasteiger charge is -2.28. The van der Waals surface area contributed by atoms with E-state index < -0.39 is 0 Å². The molecule has 3 rings (SSSR count). The molecule has 1 heterocycles. The third-order valence-electron chi connectivity index (χ3n) is 5.85. The molecule has 2 N–H and O–H groups in total. The summed E-state index contributed by atoms with van der Waals surface area (Å²) in [5, 5.41) is 22.1. The van der Waals surface area contributed by atoms with Gasteiger partial charge in [-0.05, 0) is 51.3 Å². The van der Waals surface area contributed by atoms with Crippen LogP contribution in [0.3, 0.4) is 0 Å². The molecule has 140 valence electrons. The van der Waals surface area contributed by atoms with Crippen LogP contribution in [0.15, 0.2) is 42.0 Å². The lowest BCUT2D eigenvalue weighted by Crippen LogP contribution is -2.20. The number of hydrogen-bond acceptors (Lipinski definition) is 3. The number of likely N-dealkylation sites (N-methyl/N-ethyl adjacent to an activating group) is 1. The molecule has 0 saturated heterocycles. The van der Waals surface area contributed by atoms with Crippen molar-refractivity contribution < 1.29 is 10.2 Å². The van der Waals surface area contributed by atoms with Crippen molar-refractivity contribution in [2.75, 3.05) is 13.6 Å². The molecule has 2 aliphatic rings. The highest BCUT2D eigenvalue weighted by Gasteiger charge is 2.35. The van der Waals surface area contributed by atoms with E-state index in [-0.39, 0.29) is 29.4 Å². The summed E-state index contributed by atoms with van der Waals surface area (Å²) in [5.74, 6) is 0.687. The van der Waals surface area contributed by atoms with Gasteiger partial charge in [-0.2, -0.15) is 0 Å². The predicted molar refractivity (Wildman–Crippen MR) is 108 cm³/mol. The highest BCUT2D eigenvalue weighted by molar-refractivity contribution is 5.59. The summed E-state index contributed by atoms with van der Waals surface area (Å²) in [6.45, 7) is 11.3. The Hall–Kier alpha value is -2.00. The van der Waals surface area contributed by atoms with Crippen LogP contribution in [-0.2, 0) is 6.42 Å². The Balaban J connectivity index is 2.17. The number of rotatable bonds is 5. The predicted octanol–water partition coefficient (Wildman–Crippen LogP) is 5.22. The monoisotopic (exact) mass is 353 g/mol. The van der Waals surface area contributed by atoms with Crippen LogP contribution in [0.2, 0.25) is 0 Å². The van der Waals surface area contributed by atoms with E-state index in [0.29, 0.717) is 5.56 Å². The first kappa shape index (κ1) is 18.8. The van der Waals surface area contributed by atoms with Crippen LogP contribution in [0.5, 0.6) is 11.5 Å². The van der Waals surface area contributed by atoms with Crippen LogP contribution in [-0.4, -0.2) is 28.7 Å². The van der Waals surface area contributed by atoms with Gasteiger partial charge in [0.15, 0.2) is 0 Å². The van der Waals surface area contributed by atoms with Crippen molar-refractivity contribution in [1.82, 2.24) is 4.90 Å². The summed E-state index contributed by atoms with van der Waals surface area (Å²) in [6.07, 6.45) is 9.24. The van der Waals surface area contributed by atoms with Crippen molar-refractivity contribution in [3.8, 4) is 11.5 Å². The van der Waals surface area contributed by atoms with E-state index >= 15 is 0 Å². The molecule has 0 aromatic heterocycles. The minimum absolute atomic E-state index is 0.0161. The van der Waals surface area contributed by atoms with E-state index in [4.69, 9.17) is 0 Å². The fourth-order valence-electron chi connectivity index (χ4n) is 4.54. The second kappa shape index (κ2) is 7.32. The lowest BCUT2D eigenvalue weighted by atomic mass is 9.81. The van der Waals surface area contributed by atoms with Gasteiger partial charge in [0, 0.05) is 23.6 Å². The third kappa shape index (κ3) is 3.21. The molecule has 0 radical (unpaired) electrons. The van der Waals surface area contributed by atoms with Gasteiger partial charge in [-0.1, -0.05) is 49.3 Å². The van der Waals surface area contributed by atoms with Gasteiger partial charge in [0.05, 0.1) is 6.04 Å². The molecule has 1 aromatic rings. The molecule has 26 heavy (non-hydrogen) atoms. The maximum absolute atomic E-state index is 11.3. The normalized spacial score (nSPS) is 25.7. The molecular formula is C23H31NO2. The molecule has 0 amide bonds. The number of aryl methyl sites for hydroxylation is 1. The van der Waals surface area contributed by atoms with Crippen LogP contribution < -0.4 is 0 Å². The highest BCUT2D eigenvalue weighted by atomic mass is 16.3. The zero-order chi connectivity index (χ0) is 19.0. The third-order valence-corrected chi connectivity index (χ3v) is 5.85. The van der Waals surface area contributed by atoms with Gasteiger partial charge >= 0.3 is 0 Å². The first-order chi connectivity index (χ1) is 12.3. The largest absolute Gasteiger partial charge is 0.507 e. The van der Waals surface area contributed by atoms with E-state index in [0.717, 1.165) is 42.5 Å². The van der Waals surface area contributed by atoms with E-state index in [1.807, 2.05) is 13.0 Å². The molecule has 2 unspecified atom stereocenters. The minimum Gasteiger partial charge on any atom is -0.507 e. The summed E-state index contributed by atoms with van der Waals surface area (Å²) in [7, 11) is 2.07. The van der Waals surface area contributed by atoms with Gasteiger partial charge in [-0.15, -0.1) is 0 Å². The van der Waals surface area contributed by atoms with E-state index in [1.54, 1.807) is 0 Å². The van der Waals surface area contributed by atoms with Crippen LogP contribution in [0.4, 0.5) is 0 Å². The van der Waals surface area contributed by atoms with Gasteiger partial charge in [0.25, 0.3) is 0 Å². The maximum atomic E-state index is 11.3. The van der Waals surface area contributed by atoms with Crippen LogP contribution in [0.1, 0.15) is 62.3 Å². The molecule has 0 spiro atoms. The summed E-state index contributed by atoms with van der Waals surface area (Å²) in [4.78, 5) is 2.22. The SMILES string of the molecule is C=C(C)C1CC(C)=CC1c1c(O)cc(CCC)c([C@@H]2C=CCN2C)c1O. The summed E-state index contributed by atoms with van der Waals surface area (Å²) < 4.78 is 0. The van der Waals surface area contributed by atoms with E-state index in [1.165, 1.54) is 5.57 Å². The average Bonchev–Trinajstić information content (AvgIpc) is 3.14. The molecule has 1 aliphatic heterocycles. The van der Waals surface area contributed by atoms with Gasteiger partial charge < -0.3 is 10.2 Å². The zero-order valence-electron chi connectivity index (χ0n) is 16.4. The molecule has 0 fully saturated rings. The smallest absolute Gasteiger partial charge is 0.128 e. The molecule has 3 heteroatoms. The first-order valence-corrected chi connectivity index (χ1v) is 9.62.